The zero-order valence-corrected chi connectivity index (χ0v) is 15.1. The topological polar surface area (TPSA) is 67.6 Å². The highest BCUT2D eigenvalue weighted by atomic mass is 32.2. The van der Waals surface area contributed by atoms with E-state index in [1.807, 2.05) is 32.9 Å². The van der Waals surface area contributed by atoms with Gasteiger partial charge in [0.1, 0.15) is 5.58 Å². The number of hydrogen-bond donors (Lipinski definition) is 0. The van der Waals surface area contributed by atoms with Gasteiger partial charge in [-0.05, 0) is 38.3 Å². The van der Waals surface area contributed by atoms with E-state index in [1.165, 1.54) is 0 Å². The highest BCUT2D eigenvalue weighted by Gasteiger charge is 2.34. The third-order valence-electron chi connectivity index (χ3n) is 4.99. The molecule has 1 aromatic carbocycles. The van der Waals surface area contributed by atoms with Crippen LogP contribution in [0, 0.1) is 13.8 Å². The van der Waals surface area contributed by atoms with Crippen LogP contribution in [0.5, 0.6) is 0 Å². The molecule has 130 valence electrons. The van der Waals surface area contributed by atoms with Crippen molar-refractivity contribution in [3.8, 4) is 0 Å². The molecule has 0 bridgehead atoms. The van der Waals surface area contributed by atoms with E-state index < -0.39 is 9.84 Å². The molecule has 0 saturated carbocycles. The second-order valence-electron chi connectivity index (χ2n) is 6.56. The molecule has 1 atom stereocenters. The Bertz CT molecular complexity index is 882. The molecule has 0 spiro atoms. The Hall–Kier alpha value is -1.82. The standard InChI is InChI=1S/C18H23NO4S/c1-4-19(15-7-8-24(21,22)11-15)17(20)9-14-10-23-18-13(3)12(2)5-6-16(14)18/h5-6,10,15H,4,7-9,11H2,1-3H3/t15-/m0/s1. The second kappa shape index (κ2) is 6.24. The van der Waals surface area contributed by atoms with Crippen LogP contribution in [0.3, 0.4) is 0 Å². The van der Waals surface area contributed by atoms with Crippen LogP contribution in [-0.2, 0) is 21.1 Å². The third kappa shape index (κ3) is 3.07. The van der Waals surface area contributed by atoms with Gasteiger partial charge >= 0.3 is 0 Å². The minimum Gasteiger partial charge on any atom is -0.464 e. The molecular weight excluding hydrogens is 326 g/mol. The van der Waals surface area contributed by atoms with E-state index in [-0.39, 0.29) is 29.9 Å². The van der Waals surface area contributed by atoms with Crippen molar-refractivity contribution in [2.45, 2.75) is 39.7 Å². The molecule has 5 nitrogen and oxygen atoms in total. The fraction of sp³-hybridized carbons (Fsp3) is 0.500. The van der Waals surface area contributed by atoms with Crippen LogP contribution < -0.4 is 0 Å². The minimum absolute atomic E-state index is 0.0412. The molecule has 1 aliphatic rings. The molecule has 1 saturated heterocycles. The highest BCUT2D eigenvalue weighted by Crippen LogP contribution is 2.27. The van der Waals surface area contributed by atoms with Crippen LogP contribution in [0.4, 0.5) is 0 Å². The molecule has 2 heterocycles. The fourth-order valence-electron chi connectivity index (χ4n) is 3.45. The zero-order valence-electron chi connectivity index (χ0n) is 14.3. The van der Waals surface area contributed by atoms with Crippen LogP contribution in [0.2, 0.25) is 0 Å². The normalized spacial score (nSPS) is 19.7. The summed E-state index contributed by atoms with van der Waals surface area (Å²) >= 11 is 0. The molecule has 0 N–H and O–H groups in total. The number of aryl methyl sites for hydroxylation is 2. The predicted molar refractivity (Wildman–Crippen MR) is 93.8 cm³/mol. The predicted octanol–water partition coefficient (Wildman–Crippen LogP) is 2.63. The average molecular weight is 349 g/mol. The van der Waals surface area contributed by atoms with Crippen molar-refractivity contribution in [2.75, 3.05) is 18.1 Å². The van der Waals surface area contributed by atoms with Gasteiger partial charge in [-0.3, -0.25) is 4.79 Å². The van der Waals surface area contributed by atoms with Crippen molar-refractivity contribution in [1.29, 1.82) is 0 Å². The Morgan fingerprint density at radius 1 is 1.33 bits per heavy atom. The first-order chi connectivity index (χ1) is 11.3. The Morgan fingerprint density at radius 2 is 2.08 bits per heavy atom. The Balaban J connectivity index is 1.82. The van der Waals surface area contributed by atoms with Crippen LogP contribution in [0.15, 0.2) is 22.8 Å². The van der Waals surface area contributed by atoms with Gasteiger partial charge in [0, 0.05) is 23.5 Å². The monoisotopic (exact) mass is 349 g/mol. The molecule has 24 heavy (non-hydrogen) atoms. The molecule has 0 aliphatic carbocycles. The van der Waals surface area contributed by atoms with Crippen molar-refractivity contribution in [2.24, 2.45) is 0 Å². The lowest BCUT2D eigenvalue weighted by molar-refractivity contribution is -0.132. The maximum atomic E-state index is 12.7. The summed E-state index contributed by atoms with van der Waals surface area (Å²) in [5.74, 6) is 0.214. The molecule has 1 aliphatic heterocycles. The number of furan rings is 1. The van der Waals surface area contributed by atoms with Crippen molar-refractivity contribution >= 4 is 26.7 Å². The van der Waals surface area contributed by atoms with Crippen LogP contribution in [-0.4, -0.2) is 43.3 Å². The Labute approximate surface area is 142 Å². The summed E-state index contributed by atoms with van der Waals surface area (Å²) in [5, 5.41) is 0.960. The van der Waals surface area contributed by atoms with Crippen molar-refractivity contribution < 1.29 is 17.6 Å². The van der Waals surface area contributed by atoms with E-state index in [4.69, 9.17) is 4.42 Å². The number of rotatable bonds is 4. The summed E-state index contributed by atoms with van der Waals surface area (Å²) in [6.45, 7) is 6.45. The van der Waals surface area contributed by atoms with E-state index in [0.717, 1.165) is 27.7 Å². The lowest BCUT2D eigenvalue weighted by Gasteiger charge is -2.26. The fourth-order valence-corrected chi connectivity index (χ4v) is 5.18. The van der Waals surface area contributed by atoms with Gasteiger partial charge in [-0.1, -0.05) is 12.1 Å². The molecule has 2 aromatic rings. The van der Waals surface area contributed by atoms with E-state index in [0.29, 0.717) is 13.0 Å². The van der Waals surface area contributed by atoms with Crippen LogP contribution in [0.25, 0.3) is 11.0 Å². The number of fused-ring (bicyclic) bond motifs is 1. The van der Waals surface area contributed by atoms with E-state index >= 15 is 0 Å². The lowest BCUT2D eigenvalue weighted by atomic mass is 10.0. The quantitative estimate of drug-likeness (QED) is 0.851. The number of likely N-dealkylation sites (N-methyl/N-ethyl adjacent to an activating group) is 1. The Kier molecular flexibility index (Phi) is 4.42. The molecule has 1 fully saturated rings. The van der Waals surface area contributed by atoms with Gasteiger partial charge in [-0.15, -0.1) is 0 Å². The molecule has 1 aromatic heterocycles. The first-order valence-corrected chi connectivity index (χ1v) is 10.1. The smallest absolute Gasteiger partial charge is 0.227 e. The number of benzene rings is 1. The maximum absolute atomic E-state index is 12.7. The molecule has 1 amide bonds. The average Bonchev–Trinajstić information content (AvgIpc) is 3.08. The van der Waals surface area contributed by atoms with E-state index in [2.05, 4.69) is 0 Å². The van der Waals surface area contributed by atoms with E-state index in [1.54, 1.807) is 11.2 Å². The van der Waals surface area contributed by atoms with Gasteiger partial charge in [-0.25, -0.2) is 8.42 Å². The highest BCUT2D eigenvalue weighted by molar-refractivity contribution is 7.91. The van der Waals surface area contributed by atoms with Gasteiger partial charge in [0.15, 0.2) is 9.84 Å². The zero-order chi connectivity index (χ0) is 17.5. The minimum atomic E-state index is -3.00. The van der Waals surface area contributed by atoms with Gasteiger partial charge in [0.05, 0.1) is 24.2 Å². The number of nitrogens with zero attached hydrogens (tertiary/aromatic N) is 1. The molecule has 0 radical (unpaired) electrons. The summed E-state index contributed by atoms with van der Waals surface area (Å²) in [4.78, 5) is 14.4. The van der Waals surface area contributed by atoms with Gasteiger partial charge in [0.2, 0.25) is 5.91 Å². The number of amides is 1. The van der Waals surface area contributed by atoms with Crippen molar-refractivity contribution in [3.05, 3.63) is 35.1 Å². The lowest BCUT2D eigenvalue weighted by Crippen LogP contribution is -2.41. The summed E-state index contributed by atoms with van der Waals surface area (Å²) in [6, 6.07) is 3.82. The van der Waals surface area contributed by atoms with Crippen LogP contribution >= 0.6 is 0 Å². The second-order valence-corrected chi connectivity index (χ2v) is 8.79. The first-order valence-electron chi connectivity index (χ1n) is 8.28. The number of sulfone groups is 1. The van der Waals surface area contributed by atoms with Crippen LogP contribution in [0.1, 0.15) is 30.0 Å². The molecular formula is C18H23NO4S. The van der Waals surface area contributed by atoms with Gasteiger partial charge in [-0.2, -0.15) is 0 Å². The third-order valence-corrected chi connectivity index (χ3v) is 6.74. The largest absolute Gasteiger partial charge is 0.464 e. The van der Waals surface area contributed by atoms with E-state index in [9.17, 15) is 13.2 Å². The number of carbonyl (C=O) groups excluding carboxylic acids is 1. The molecule has 3 rings (SSSR count). The first kappa shape index (κ1) is 17.0. The maximum Gasteiger partial charge on any atom is 0.227 e. The van der Waals surface area contributed by atoms with Gasteiger partial charge in [0.25, 0.3) is 0 Å². The molecule has 6 heteroatoms. The molecule has 0 unspecified atom stereocenters. The van der Waals surface area contributed by atoms with Crippen molar-refractivity contribution in [3.63, 3.8) is 0 Å². The number of hydrogen-bond acceptors (Lipinski definition) is 4. The summed E-state index contributed by atoms with van der Waals surface area (Å²) in [6.07, 6.45) is 2.42. The summed E-state index contributed by atoms with van der Waals surface area (Å²) in [5.41, 5.74) is 3.92. The van der Waals surface area contributed by atoms with Crippen molar-refractivity contribution in [1.82, 2.24) is 4.90 Å². The Morgan fingerprint density at radius 3 is 2.71 bits per heavy atom. The summed E-state index contributed by atoms with van der Waals surface area (Å²) < 4.78 is 29.1. The SMILES string of the molecule is CCN(C(=O)Cc1coc2c(C)c(C)ccc12)[C@H]1CCS(=O)(=O)C1. The van der Waals surface area contributed by atoms with Gasteiger partial charge < -0.3 is 9.32 Å². The number of carbonyl (C=O) groups is 1. The summed E-state index contributed by atoms with van der Waals surface area (Å²) in [7, 11) is -3.00.